The SMILES string of the molecule is C/C=C\Oc1ccc(C(=O)OC)cc1. The highest BCUT2D eigenvalue weighted by Gasteiger charge is 2.03. The minimum Gasteiger partial charge on any atom is -0.465 e. The van der Waals surface area contributed by atoms with E-state index in [0.717, 1.165) is 0 Å². The van der Waals surface area contributed by atoms with Crippen LogP contribution in [0.2, 0.25) is 0 Å². The molecular weight excluding hydrogens is 180 g/mol. The monoisotopic (exact) mass is 192 g/mol. The summed E-state index contributed by atoms with van der Waals surface area (Å²) in [5.74, 6) is 0.346. The fourth-order valence-corrected chi connectivity index (χ4v) is 0.934. The van der Waals surface area contributed by atoms with Crippen LogP contribution in [0, 0.1) is 0 Å². The van der Waals surface area contributed by atoms with Crippen LogP contribution in [0.5, 0.6) is 5.75 Å². The Hall–Kier alpha value is -1.77. The Morgan fingerprint density at radius 1 is 1.29 bits per heavy atom. The first-order chi connectivity index (χ1) is 6.77. The third-order valence-corrected chi connectivity index (χ3v) is 1.62. The van der Waals surface area contributed by atoms with E-state index in [1.54, 1.807) is 36.6 Å². The number of carbonyl (C=O) groups excluding carboxylic acids is 1. The molecule has 0 amide bonds. The number of hydrogen-bond acceptors (Lipinski definition) is 3. The predicted molar refractivity (Wildman–Crippen MR) is 53.2 cm³/mol. The Bertz CT molecular complexity index is 325. The molecule has 0 aromatic heterocycles. The Kier molecular flexibility index (Phi) is 3.73. The van der Waals surface area contributed by atoms with Crippen LogP contribution in [-0.2, 0) is 4.74 Å². The molecule has 1 rings (SSSR count). The molecule has 3 heteroatoms. The summed E-state index contributed by atoms with van der Waals surface area (Å²) in [4.78, 5) is 11.1. The average molecular weight is 192 g/mol. The lowest BCUT2D eigenvalue weighted by molar-refractivity contribution is 0.0600. The summed E-state index contributed by atoms with van der Waals surface area (Å²) < 4.78 is 9.75. The fraction of sp³-hybridized carbons (Fsp3) is 0.182. The van der Waals surface area contributed by atoms with Crippen molar-refractivity contribution < 1.29 is 14.3 Å². The van der Waals surface area contributed by atoms with Gasteiger partial charge in [0, 0.05) is 0 Å². The van der Waals surface area contributed by atoms with E-state index in [1.807, 2.05) is 6.92 Å². The Balaban J connectivity index is 2.73. The van der Waals surface area contributed by atoms with Gasteiger partial charge in [0.1, 0.15) is 5.75 Å². The zero-order valence-corrected chi connectivity index (χ0v) is 8.19. The second-order valence-corrected chi connectivity index (χ2v) is 2.60. The van der Waals surface area contributed by atoms with Crippen molar-refractivity contribution in [1.29, 1.82) is 0 Å². The van der Waals surface area contributed by atoms with Crippen molar-refractivity contribution in [3.63, 3.8) is 0 Å². The fourth-order valence-electron chi connectivity index (χ4n) is 0.934. The highest BCUT2D eigenvalue weighted by atomic mass is 16.5. The molecule has 3 nitrogen and oxygen atoms in total. The number of benzene rings is 1. The topological polar surface area (TPSA) is 35.5 Å². The van der Waals surface area contributed by atoms with Crippen LogP contribution >= 0.6 is 0 Å². The summed E-state index contributed by atoms with van der Waals surface area (Å²) in [6.07, 6.45) is 3.36. The molecule has 0 saturated heterocycles. The molecule has 0 atom stereocenters. The molecule has 0 saturated carbocycles. The lowest BCUT2D eigenvalue weighted by atomic mass is 10.2. The Labute approximate surface area is 83.0 Å². The minimum atomic E-state index is -0.345. The summed E-state index contributed by atoms with van der Waals surface area (Å²) in [7, 11) is 1.35. The van der Waals surface area contributed by atoms with Crippen LogP contribution in [-0.4, -0.2) is 13.1 Å². The zero-order chi connectivity index (χ0) is 10.4. The summed E-state index contributed by atoms with van der Waals surface area (Å²) in [6.45, 7) is 1.86. The van der Waals surface area contributed by atoms with E-state index in [9.17, 15) is 4.79 Å². The van der Waals surface area contributed by atoms with E-state index in [0.29, 0.717) is 11.3 Å². The average Bonchev–Trinajstić information content (AvgIpc) is 2.26. The number of allylic oxidation sites excluding steroid dienone is 1. The molecule has 74 valence electrons. The van der Waals surface area contributed by atoms with Crippen LogP contribution in [0.4, 0.5) is 0 Å². The normalized spacial score (nSPS) is 10.1. The first kappa shape index (κ1) is 10.3. The van der Waals surface area contributed by atoms with E-state index in [-0.39, 0.29) is 5.97 Å². The van der Waals surface area contributed by atoms with Crippen molar-refractivity contribution in [3.8, 4) is 5.75 Å². The van der Waals surface area contributed by atoms with Gasteiger partial charge in [0.05, 0.1) is 18.9 Å². The molecule has 0 aliphatic carbocycles. The van der Waals surface area contributed by atoms with Gasteiger partial charge in [-0.15, -0.1) is 0 Å². The number of rotatable bonds is 3. The van der Waals surface area contributed by atoms with Crippen LogP contribution in [0.25, 0.3) is 0 Å². The van der Waals surface area contributed by atoms with E-state index in [1.165, 1.54) is 7.11 Å². The second-order valence-electron chi connectivity index (χ2n) is 2.60. The maximum atomic E-state index is 11.1. The van der Waals surface area contributed by atoms with Gasteiger partial charge in [-0.2, -0.15) is 0 Å². The molecule has 0 unspecified atom stereocenters. The van der Waals surface area contributed by atoms with Crippen LogP contribution in [0.3, 0.4) is 0 Å². The van der Waals surface area contributed by atoms with E-state index in [4.69, 9.17) is 4.74 Å². The molecule has 0 heterocycles. The molecule has 0 aliphatic heterocycles. The van der Waals surface area contributed by atoms with Crippen molar-refractivity contribution in [3.05, 3.63) is 42.2 Å². The molecule has 0 bridgehead atoms. The molecule has 1 aromatic rings. The summed E-state index contributed by atoms with van der Waals surface area (Å²) in [6, 6.07) is 6.74. The van der Waals surface area contributed by atoms with Crippen LogP contribution < -0.4 is 4.74 Å². The number of ether oxygens (including phenoxy) is 2. The molecular formula is C11H12O3. The van der Waals surface area contributed by atoms with Gasteiger partial charge in [-0.05, 0) is 31.2 Å². The van der Waals surface area contributed by atoms with Crippen molar-refractivity contribution in [1.82, 2.24) is 0 Å². The quantitative estimate of drug-likeness (QED) is 0.545. The number of methoxy groups -OCH3 is 1. The van der Waals surface area contributed by atoms with E-state index < -0.39 is 0 Å². The van der Waals surface area contributed by atoms with Gasteiger partial charge in [-0.1, -0.05) is 6.08 Å². The van der Waals surface area contributed by atoms with Gasteiger partial charge in [-0.3, -0.25) is 0 Å². The van der Waals surface area contributed by atoms with Crippen molar-refractivity contribution in [2.45, 2.75) is 6.92 Å². The molecule has 1 aromatic carbocycles. The maximum Gasteiger partial charge on any atom is 0.337 e. The third-order valence-electron chi connectivity index (χ3n) is 1.62. The van der Waals surface area contributed by atoms with Crippen molar-refractivity contribution in [2.75, 3.05) is 7.11 Å². The second kappa shape index (κ2) is 5.07. The molecule has 0 fully saturated rings. The van der Waals surface area contributed by atoms with Crippen LogP contribution in [0.15, 0.2) is 36.6 Å². The smallest absolute Gasteiger partial charge is 0.337 e. The third kappa shape index (κ3) is 2.62. The standard InChI is InChI=1S/C11H12O3/c1-3-8-14-10-6-4-9(5-7-10)11(12)13-2/h3-8H,1-2H3/b8-3-. The zero-order valence-electron chi connectivity index (χ0n) is 8.19. The van der Waals surface area contributed by atoms with Gasteiger partial charge < -0.3 is 9.47 Å². The molecule has 0 spiro atoms. The van der Waals surface area contributed by atoms with E-state index >= 15 is 0 Å². The lowest BCUT2D eigenvalue weighted by Crippen LogP contribution is -2.00. The summed E-state index contributed by atoms with van der Waals surface area (Å²) >= 11 is 0. The maximum absolute atomic E-state index is 11.1. The Morgan fingerprint density at radius 2 is 1.93 bits per heavy atom. The van der Waals surface area contributed by atoms with Gasteiger partial charge >= 0.3 is 5.97 Å². The van der Waals surface area contributed by atoms with Gasteiger partial charge in [0.25, 0.3) is 0 Å². The first-order valence-corrected chi connectivity index (χ1v) is 4.24. The largest absolute Gasteiger partial charge is 0.465 e. The van der Waals surface area contributed by atoms with Gasteiger partial charge in [-0.25, -0.2) is 4.79 Å². The Morgan fingerprint density at radius 3 is 2.43 bits per heavy atom. The van der Waals surface area contributed by atoms with Gasteiger partial charge in [0.15, 0.2) is 0 Å². The first-order valence-electron chi connectivity index (χ1n) is 4.24. The molecule has 0 aliphatic rings. The van der Waals surface area contributed by atoms with Gasteiger partial charge in [0.2, 0.25) is 0 Å². The van der Waals surface area contributed by atoms with Crippen molar-refractivity contribution in [2.24, 2.45) is 0 Å². The van der Waals surface area contributed by atoms with E-state index in [2.05, 4.69) is 4.74 Å². The number of carbonyl (C=O) groups is 1. The van der Waals surface area contributed by atoms with Crippen molar-refractivity contribution >= 4 is 5.97 Å². The minimum absolute atomic E-state index is 0.345. The molecule has 0 N–H and O–H groups in total. The summed E-state index contributed by atoms with van der Waals surface area (Å²) in [5, 5.41) is 0. The predicted octanol–water partition coefficient (Wildman–Crippen LogP) is 2.39. The summed E-state index contributed by atoms with van der Waals surface area (Å²) in [5.41, 5.74) is 0.514. The molecule has 0 radical (unpaired) electrons. The highest BCUT2D eigenvalue weighted by Crippen LogP contribution is 2.12. The molecule has 14 heavy (non-hydrogen) atoms. The lowest BCUT2D eigenvalue weighted by Gasteiger charge is -2.01. The number of hydrogen-bond donors (Lipinski definition) is 0. The number of esters is 1. The highest BCUT2D eigenvalue weighted by molar-refractivity contribution is 5.89. The van der Waals surface area contributed by atoms with Crippen LogP contribution in [0.1, 0.15) is 17.3 Å².